The van der Waals surface area contributed by atoms with Gasteiger partial charge in [0.15, 0.2) is 11.4 Å². The Kier molecular flexibility index (Phi) is 4.63. The lowest BCUT2D eigenvalue weighted by atomic mass is 10.1. The molecule has 5 aromatic rings. The summed E-state index contributed by atoms with van der Waals surface area (Å²) in [6.07, 6.45) is 2.64. The molecule has 5 rings (SSSR count). The van der Waals surface area contributed by atoms with Gasteiger partial charge in [-0.2, -0.15) is 0 Å². The van der Waals surface area contributed by atoms with E-state index < -0.39 is 0 Å². The van der Waals surface area contributed by atoms with Gasteiger partial charge in [0.05, 0.1) is 12.5 Å². The number of fused-ring (bicyclic) bond motifs is 3. The fourth-order valence-corrected chi connectivity index (χ4v) is 4.57. The molecule has 30 heavy (non-hydrogen) atoms. The maximum absolute atomic E-state index is 5.93. The first-order chi connectivity index (χ1) is 14.7. The molecule has 1 aromatic carbocycles. The second-order valence-corrected chi connectivity index (χ2v) is 8.05. The normalized spacial score (nSPS) is 11.4. The molecule has 0 aliphatic carbocycles. The highest BCUT2D eigenvalue weighted by atomic mass is 32.1. The Morgan fingerprint density at radius 1 is 1.10 bits per heavy atom. The van der Waals surface area contributed by atoms with Crippen LogP contribution < -0.4 is 9.47 Å². The third-order valence-corrected chi connectivity index (χ3v) is 6.06. The van der Waals surface area contributed by atoms with Crippen LogP contribution in [-0.2, 0) is 13.0 Å². The summed E-state index contributed by atoms with van der Waals surface area (Å²) in [5, 5.41) is 5.65. The van der Waals surface area contributed by atoms with E-state index in [9.17, 15) is 0 Å². The van der Waals surface area contributed by atoms with Crippen molar-refractivity contribution in [1.29, 1.82) is 0 Å². The van der Waals surface area contributed by atoms with Crippen LogP contribution in [0.4, 0.5) is 0 Å². The van der Waals surface area contributed by atoms with Gasteiger partial charge in [0.1, 0.15) is 35.0 Å². The fraction of sp³-hybridized carbons (Fsp3) is 0.227. The number of benzene rings is 1. The average molecular weight is 420 g/mol. The number of ether oxygens (including phenoxy) is 2. The second kappa shape index (κ2) is 7.46. The Bertz CT molecular complexity index is 1330. The van der Waals surface area contributed by atoms with Crippen LogP contribution in [0.25, 0.3) is 27.4 Å². The Morgan fingerprint density at radius 2 is 1.90 bits per heavy atom. The molecule has 4 aromatic heterocycles. The molecular formula is C22H20N4O3S. The molecule has 152 valence electrons. The van der Waals surface area contributed by atoms with E-state index in [0.29, 0.717) is 24.0 Å². The standard InChI is InChI=1S/C22H20N4O3S/c1-4-17-13(2)30-22-19(17)21-24-20(25-26(21)12-23-22)18-10-9-16(29-18)11-28-15-7-5-14(27-3)6-8-15/h5-10,12H,4,11H2,1-3H3. The molecule has 4 heterocycles. The molecule has 0 radical (unpaired) electrons. The smallest absolute Gasteiger partial charge is 0.217 e. The molecule has 0 fully saturated rings. The van der Waals surface area contributed by atoms with Gasteiger partial charge in [-0.25, -0.2) is 14.5 Å². The molecular weight excluding hydrogens is 400 g/mol. The van der Waals surface area contributed by atoms with E-state index in [0.717, 1.165) is 33.8 Å². The second-order valence-electron chi connectivity index (χ2n) is 6.85. The van der Waals surface area contributed by atoms with Gasteiger partial charge in [-0.3, -0.25) is 0 Å². The summed E-state index contributed by atoms with van der Waals surface area (Å²) in [5.41, 5.74) is 2.09. The fourth-order valence-electron chi connectivity index (χ4n) is 3.50. The van der Waals surface area contributed by atoms with Crippen LogP contribution in [0, 0.1) is 6.92 Å². The summed E-state index contributed by atoms with van der Waals surface area (Å²) >= 11 is 1.69. The quantitative estimate of drug-likeness (QED) is 0.382. The molecule has 0 aliphatic rings. The lowest BCUT2D eigenvalue weighted by Gasteiger charge is -2.05. The minimum atomic E-state index is 0.315. The first-order valence-electron chi connectivity index (χ1n) is 9.65. The van der Waals surface area contributed by atoms with Crippen molar-refractivity contribution in [3.8, 4) is 23.1 Å². The van der Waals surface area contributed by atoms with Gasteiger partial charge in [-0.15, -0.1) is 16.4 Å². The zero-order chi connectivity index (χ0) is 20.7. The van der Waals surface area contributed by atoms with E-state index in [2.05, 4.69) is 23.9 Å². The predicted octanol–water partition coefficient (Wildman–Crippen LogP) is 5.06. The number of furan rings is 1. The van der Waals surface area contributed by atoms with E-state index in [1.807, 2.05) is 36.4 Å². The van der Waals surface area contributed by atoms with Gasteiger partial charge >= 0.3 is 0 Å². The molecule has 0 unspecified atom stereocenters. The Balaban J connectivity index is 1.42. The van der Waals surface area contributed by atoms with Crippen molar-refractivity contribution in [2.45, 2.75) is 26.9 Å². The molecule has 0 aliphatic heterocycles. The summed E-state index contributed by atoms with van der Waals surface area (Å²) in [5.74, 6) is 3.36. The van der Waals surface area contributed by atoms with Gasteiger partial charge in [-0.1, -0.05) is 6.92 Å². The van der Waals surface area contributed by atoms with Crippen LogP contribution in [-0.4, -0.2) is 26.7 Å². The van der Waals surface area contributed by atoms with Crippen LogP contribution in [0.3, 0.4) is 0 Å². The Morgan fingerprint density at radius 3 is 2.67 bits per heavy atom. The van der Waals surface area contributed by atoms with Gasteiger partial charge in [0.2, 0.25) is 5.82 Å². The van der Waals surface area contributed by atoms with E-state index in [-0.39, 0.29) is 0 Å². The van der Waals surface area contributed by atoms with Gasteiger partial charge in [0.25, 0.3) is 0 Å². The van der Waals surface area contributed by atoms with E-state index in [1.165, 1.54) is 10.4 Å². The summed E-state index contributed by atoms with van der Waals surface area (Å²) in [4.78, 5) is 11.6. The predicted molar refractivity (Wildman–Crippen MR) is 115 cm³/mol. The lowest BCUT2D eigenvalue weighted by Crippen LogP contribution is -1.93. The van der Waals surface area contributed by atoms with Crippen LogP contribution >= 0.6 is 11.3 Å². The molecule has 0 atom stereocenters. The van der Waals surface area contributed by atoms with Crippen molar-refractivity contribution >= 4 is 27.2 Å². The highest BCUT2D eigenvalue weighted by Crippen LogP contribution is 2.33. The van der Waals surface area contributed by atoms with Crippen molar-refractivity contribution in [2.24, 2.45) is 0 Å². The Labute approximate surface area is 176 Å². The summed E-state index contributed by atoms with van der Waals surface area (Å²) < 4.78 is 18.6. The van der Waals surface area contributed by atoms with Crippen molar-refractivity contribution in [3.63, 3.8) is 0 Å². The first kappa shape index (κ1) is 18.6. The van der Waals surface area contributed by atoms with Crippen molar-refractivity contribution in [2.75, 3.05) is 7.11 Å². The number of hydrogen-bond donors (Lipinski definition) is 0. The van der Waals surface area contributed by atoms with Crippen molar-refractivity contribution in [1.82, 2.24) is 19.6 Å². The summed E-state index contributed by atoms with van der Waals surface area (Å²) in [6, 6.07) is 11.2. The molecule has 0 spiro atoms. The number of methoxy groups -OCH3 is 1. The number of thiophene rings is 1. The van der Waals surface area contributed by atoms with E-state index in [4.69, 9.17) is 18.9 Å². The Hall–Kier alpha value is -3.39. The van der Waals surface area contributed by atoms with Crippen LogP contribution in [0.15, 0.2) is 47.1 Å². The van der Waals surface area contributed by atoms with E-state index in [1.54, 1.807) is 29.3 Å². The van der Waals surface area contributed by atoms with Crippen LogP contribution in [0.5, 0.6) is 11.5 Å². The average Bonchev–Trinajstić information content (AvgIpc) is 3.48. The highest BCUT2D eigenvalue weighted by molar-refractivity contribution is 7.18. The van der Waals surface area contributed by atoms with Gasteiger partial charge in [0, 0.05) is 4.88 Å². The number of hydrogen-bond acceptors (Lipinski definition) is 7. The molecule has 7 nitrogen and oxygen atoms in total. The lowest BCUT2D eigenvalue weighted by molar-refractivity contribution is 0.271. The monoisotopic (exact) mass is 420 g/mol. The molecule has 8 heteroatoms. The molecule has 0 amide bonds. The zero-order valence-electron chi connectivity index (χ0n) is 16.9. The first-order valence-corrected chi connectivity index (χ1v) is 10.5. The SMILES string of the molecule is CCc1c(C)sc2ncn3nc(-c4ccc(COc5ccc(OC)cc5)o4)nc3c12. The molecule has 0 saturated heterocycles. The van der Waals surface area contributed by atoms with Crippen molar-refractivity contribution < 1.29 is 13.9 Å². The number of nitrogens with zero attached hydrogens (tertiary/aromatic N) is 4. The molecule has 0 bridgehead atoms. The summed E-state index contributed by atoms with van der Waals surface area (Å²) in [6.45, 7) is 4.59. The minimum absolute atomic E-state index is 0.315. The number of aromatic nitrogens is 4. The maximum Gasteiger partial charge on any atom is 0.217 e. The molecule has 0 N–H and O–H groups in total. The number of rotatable bonds is 6. The van der Waals surface area contributed by atoms with Crippen LogP contribution in [0.1, 0.15) is 23.1 Å². The van der Waals surface area contributed by atoms with Crippen molar-refractivity contribution in [3.05, 3.63) is 58.9 Å². The minimum Gasteiger partial charge on any atom is -0.497 e. The zero-order valence-corrected chi connectivity index (χ0v) is 17.7. The topological polar surface area (TPSA) is 74.7 Å². The third kappa shape index (κ3) is 3.19. The third-order valence-electron chi connectivity index (χ3n) is 5.01. The number of aryl methyl sites for hydroxylation is 2. The summed E-state index contributed by atoms with van der Waals surface area (Å²) in [7, 11) is 1.64. The highest BCUT2D eigenvalue weighted by Gasteiger charge is 2.18. The van der Waals surface area contributed by atoms with Gasteiger partial charge < -0.3 is 13.9 Å². The maximum atomic E-state index is 5.93. The largest absolute Gasteiger partial charge is 0.497 e. The van der Waals surface area contributed by atoms with Gasteiger partial charge in [-0.05, 0) is 55.3 Å². The van der Waals surface area contributed by atoms with E-state index >= 15 is 0 Å². The molecule has 0 saturated carbocycles. The van der Waals surface area contributed by atoms with Crippen LogP contribution in [0.2, 0.25) is 0 Å².